The van der Waals surface area contributed by atoms with Gasteiger partial charge in [0.2, 0.25) is 5.91 Å². The fourth-order valence-electron chi connectivity index (χ4n) is 2.06. The summed E-state index contributed by atoms with van der Waals surface area (Å²) < 4.78 is 66.2. The van der Waals surface area contributed by atoms with Crippen molar-refractivity contribution in [2.75, 3.05) is 13.2 Å². The molecule has 0 bridgehead atoms. The quantitative estimate of drug-likeness (QED) is 0.0655. The number of hydrogen-bond acceptors (Lipinski definition) is 16. The van der Waals surface area contributed by atoms with Crippen LogP contribution in [0.4, 0.5) is 0 Å². The van der Waals surface area contributed by atoms with Gasteiger partial charge in [0.25, 0.3) is 0 Å². The lowest BCUT2D eigenvalue weighted by Crippen LogP contribution is -2.54. The van der Waals surface area contributed by atoms with E-state index in [0.717, 1.165) is 6.92 Å². The molecule has 0 saturated carbocycles. The zero-order valence-corrected chi connectivity index (χ0v) is 19.3. The van der Waals surface area contributed by atoms with Gasteiger partial charge in [0, 0.05) is 6.92 Å². The molecule has 21 heteroatoms. The smallest absolute Gasteiger partial charge is 0.394 e. The van der Waals surface area contributed by atoms with E-state index < -0.39 is 88.7 Å². The van der Waals surface area contributed by atoms with Crippen LogP contribution in [0.5, 0.6) is 0 Å². The number of carbonyl (C=O) groups is 3. The topological polar surface area (TPSA) is 332 Å². The number of aldehydes is 2. The molecule has 0 radical (unpaired) electrons. The second-order valence-electron chi connectivity index (χ2n) is 6.45. The van der Waals surface area contributed by atoms with Crippen LogP contribution in [0.3, 0.4) is 0 Å². The van der Waals surface area contributed by atoms with Crippen LogP contribution in [0.2, 0.25) is 0 Å². The Morgan fingerprint density at radius 1 is 0.800 bits per heavy atom. The largest absolute Gasteiger partial charge is 0.398 e. The molecule has 0 heterocycles. The predicted octanol–water partition coefficient (Wildman–Crippen LogP) is -6.96. The maximum absolute atomic E-state index is 10.8. The van der Waals surface area contributed by atoms with E-state index in [1.165, 1.54) is 0 Å². The summed E-state index contributed by atoms with van der Waals surface area (Å²) >= 11 is 0. The highest BCUT2D eigenvalue weighted by Gasteiger charge is 2.37. The summed E-state index contributed by atoms with van der Waals surface area (Å²) in [6, 6.07) is -1.66. The molecule has 0 aromatic carbocycles. The van der Waals surface area contributed by atoms with Crippen molar-refractivity contribution < 1.29 is 84.4 Å². The Morgan fingerprint density at radius 2 is 1.23 bits per heavy atom. The number of rotatable bonds is 15. The molecule has 0 spiro atoms. The fraction of sp³-hybridized carbons (Fsp3) is 0.786. The molecule has 10 N–H and O–H groups in total. The Bertz CT molecular complexity index is 862. The van der Waals surface area contributed by atoms with Crippen LogP contribution in [0.1, 0.15) is 6.92 Å². The minimum Gasteiger partial charge on any atom is -0.394 e. The van der Waals surface area contributed by atoms with Gasteiger partial charge in [-0.1, -0.05) is 0 Å². The number of nitrogens with one attached hydrogen (secondary N) is 1. The summed E-state index contributed by atoms with van der Waals surface area (Å²) in [6.45, 7) is -0.871. The Kier molecular flexibility index (Phi) is 16.3. The zero-order chi connectivity index (χ0) is 28.1. The van der Waals surface area contributed by atoms with Crippen molar-refractivity contribution in [3.63, 3.8) is 0 Å². The summed E-state index contributed by atoms with van der Waals surface area (Å²) in [5.74, 6) is -0.744. The maximum Gasteiger partial charge on any atom is 0.398 e. The molecule has 0 aliphatic rings. The highest BCUT2D eigenvalue weighted by molar-refractivity contribution is 7.81. The lowest BCUT2D eigenvalue weighted by molar-refractivity contribution is -0.133. The lowest BCUT2D eigenvalue weighted by Gasteiger charge is -2.28. The average Bonchev–Trinajstić information content (AvgIpc) is 2.75. The minimum absolute atomic E-state index is 0.0462. The van der Waals surface area contributed by atoms with Crippen molar-refractivity contribution in [1.82, 2.24) is 5.32 Å². The van der Waals surface area contributed by atoms with E-state index in [4.69, 9.17) is 29.5 Å². The maximum atomic E-state index is 10.8. The van der Waals surface area contributed by atoms with Crippen molar-refractivity contribution in [3.8, 4) is 0 Å². The normalized spacial score (nSPS) is 18.9. The Labute approximate surface area is 198 Å². The van der Waals surface area contributed by atoms with Crippen molar-refractivity contribution in [2.45, 2.75) is 55.7 Å². The van der Waals surface area contributed by atoms with Crippen molar-refractivity contribution in [3.05, 3.63) is 0 Å². The third-order valence-corrected chi connectivity index (χ3v) is 4.59. The van der Waals surface area contributed by atoms with E-state index in [-0.39, 0.29) is 12.6 Å². The standard InChI is InChI=1S/C8H15NO9S.C6H12O9S/c1-4(12)9-5(2-10)8(18-19(15,16)17)7(14)6(13)3-11;7-1-3(9)5(10)6(11)4(2-8)15-16(12,13)14/h2,5-8,11,13-14H,3H2,1H3,(H,9,12)(H,15,16,17);2-7,9-11H,1H2,(H,12,13,14)/t5-,6+,7+,8+;3-,4+,5+,6-/m01/s1. The molecule has 0 aliphatic heterocycles. The molecule has 0 saturated heterocycles. The van der Waals surface area contributed by atoms with Gasteiger partial charge in [-0.3, -0.25) is 13.9 Å². The molecular weight excluding hydrogens is 534 g/mol. The molecule has 0 unspecified atom stereocenters. The molecule has 0 rings (SSSR count). The van der Waals surface area contributed by atoms with Gasteiger partial charge < -0.3 is 50.7 Å². The summed E-state index contributed by atoms with van der Waals surface area (Å²) in [4.78, 5) is 31.9. The van der Waals surface area contributed by atoms with Crippen LogP contribution in [0, 0.1) is 0 Å². The summed E-state index contributed by atoms with van der Waals surface area (Å²) in [6.07, 6.45) is -14.1. The van der Waals surface area contributed by atoms with Crippen molar-refractivity contribution >= 4 is 39.3 Å². The molecule has 0 fully saturated rings. The van der Waals surface area contributed by atoms with Gasteiger partial charge in [-0.2, -0.15) is 16.8 Å². The van der Waals surface area contributed by atoms with Gasteiger partial charge in [-0.15, -0.1) is 0 Å². The van der Waals surface area contributed by atoms with Crippen LogP contribution in [-0.4, -0.2) is 142 Å². The SMILES string of the molecule is CC(=O)N[C@@H](C=O)[C@@H](OS(=O)(=O)O)[C@H](O)[C@H](O)CO.O=C[C@H](OS(=O)(=O)O)[C@@H](O)[C@@H](O)[C@H](O)CO. The zero-order valence-electron chi connectivity index (χ0n) is 17.7. The van der Waals surface area contributed by atoms with Crippen LogP contribution >= 0.6 is 0 Å². The average molecular weight is 561 g/mol. The molecule has 0 aromatic rings. The first-order chi connectivity index (χ1) is 15.8. The van der Waals surface area contributed by atoms with Gasteiger partial charge in [-0.05, 0) is 0 Å². The number of hydrogen-bond donors (Lipinski definition) is 10. The number of aliphatic hydroxyl groups excluding tert-OH is 7. The van der Waals surface area contributed by atoms with Gasteiger partial charge in [-0.25, -0.2) is 8.37 Å². The molecule has 0 aromatic heterocycles. The molecule has 1 amide bonds. The van der Waals surface area contributed by atoms with E-state index in [1.54, 1.807) is 0 Å². The summed E-state index contributed by atoms with van der Waals surface area (Å²) in [5, 5.41) is 64.9. The Balaban J connectivity index is 0. The molecular formula is C14H27NO18S2. The summed E-state index contributed by atoms with van der Waals surface area (Å²) in [7, 11) is -10.1. The summed E-state index contributed by atoms with van der Waals surface area (Å²) in [5.41, 5.74) is 0. The van der Waals surface area contributed by atoms with Crippen LogP contribution in [-0.2, 0) is 43.5 Å². The minimum atomic E-state index is -5.06. The lowest BCUT2D eigenvalue weighted by atomic mass is 10.0. The third kappa shape index (κ3) is 15.1. The fourth-order valence-corrected chi connectivity index (χ4v) is 3.01. The first-order valence-electron chi connectivity index (χ1n) is 8.96. The predicted molar refractivity (Wildman–Crippen MR) is 107 cm³/mol. The Morgan fingerprint density at radius 3 is 1.54 bits per heavy atom. The third-order valence-electron chi connectivity index (χ3n) is 3.66. The van der Waals surface area contributed by atoms with Crippen LogP contribution in [0.15, 0.2) is 0 Å². The van der Waals surface area contributed by atoms with E-state index in [9.17, 15) is 46.5 Å². The number of amides is 1. The first kappa shape index (κ1) is 35.4. The second kappa shape index (κ2) is 16.1. The number of aliphatic hydroxyl groups is 7. The second-order valence-corrected chi connectivity index (χ2v) is 8.54. The van der Waals surface area contributed by atoms with Gasteiger partial charge in [0.1, 0.15) is 49.0 Å². The van der Waals surface area contributed by atoms with Crippen molar-refractivity contribution in [1.29, 1.82) is 0 Å². The van der Waals surface area contributed by atoms with Gasteiger partial charge in [0.05, 0.1) is 13.2 Å². The Hall–Kier alpha value is -1.73. The molecule has 35 heavy (non-hydrogen) atoms. The molecule has 8 atom stereocenters. The van der Waals surface area contributed by atoms with E-state index in [0.29, 0.717) is 0 Å². The van der Waals surface area contributed by atoms with Gasteiger partial charge >= 0.3 is 20.8 Å². The van der Waals surface area contributed by atoms with E-state index in [1.807, 2.05) is 5.32 Å². The number of carbonyl (C=O) groups excluding carboxylic acids is 3. The first-order valence-corrected chi connectivity index (χ1v) is 11.7. The van der Waals surface area contributed by atoms with E-state index in [2.05, 4.69) is 8.37 Å². The monoisotopic (exact) mass is 561 g/mol. The van der Waals surface area contributed by atoms with Crippen LogP contribution in [0.25, 0.3) is 0 Å². The van der Waals surface area contributed by atoms with Gasteiger partial charge in [0.15, 0.2) is 12.4 Å². The molecule has 208 valence electrons. The van der Waals surface area contributed by atoms with Crippen molar-refractivity contribution in [2.24, 2.45) is 0 Å². The highest BCUT2D eigenvalue weighted by atomic mass is 32.3. The van der Waals surface area contributed by atoms with E-state index >= 15 is 0 Å². The highest BCUT2D eigenvalue weighted by Crippen LogP contribution is 2.12. The van der Waals surface area contributed by atoms with Crippen LogP contribution < -0.4 is 5.32 Å². The molecule has 0 aliphatic carbocycles. The molecule has 19 nitrogen and oxygen atoms in total.